The number of aliphatic imine (C=N–C) groups is 1. The van der Waals surface area contributed by atoms with Gasteiger partial charge >= 0.3 is 6.18 Å². The molecule has 0 radical (unpaired) electrons. The number of nitrogens with zero attached hydrogens (tertiary/aromatic N) is 1. The highest BCUT2D eigenvalue weighted by Crippen LogP contribution is 2.34. The summed E-state index contributed by atoms with van der Waals surface area (Å²) < 4.78 is 37.3. The van der Waals surface area contributed by atoms with Crippen LogP contribution in [0, 0.1) is 0 Å². The van der Waals surface area contributed by atoms with E-state index in [4.69, 9.17) is 11.6 Å². The number of anilines is 1. The van der Waals surface area contributed by atoms with Crippen molar-refractivity contribution in [3.05, 3.63) is 28.8 Å². The van der Waals surface area contributed by atoms with Gasteiger partial charge in [-0.05, 0) is 25.1 Å². The van der Waals surface area contributed by atoms with E-state index in [0.29, 0.717) is 10.9 Å². The number of alkyl halides is 3. The molecule has 1 N–H and O–H groups in total. The first-order valence-corrected chi connectivity index (χ1v) is 6.57. The van der Waals surface area contributed by atoms with Crippen LogP contribution in [0.2, 0.25) is 5.02 Å². The molecule has 98 valence electrons. The monoisotopic (exact) mass is 294 g/mol. The van der Waals surface area contributed by atoms with Gasteiger partial charge in [-0.25, -0.2) is 0 Å². The number of halogens is 4. The molecule has 0 aromatic heterocycles. The zero-order chi connectivity index (χ0) is 13.3. The lowest BCUT2D eigenvalue weighted by Gasteiger charge is -2.11. The predicted octanol–water partition coefficient (Wildman–Crippen LogP) is 4.26. The van der Waals surface area contributed by atoms with Gasteiger partial charge in [0, 0.05) is 5.75 Å². The highest BCUT2D eigenvalue weighted by atomic mass is 35.5. The Morgan fingerprint density at radius 1 is 1.44 bits per heavy atom. The minimum Gasteiger partial charge on any atom is -0.334 e. The summed E-state index contributed by atoms with van der Waals surface area (Å²) in [6.07, 6.45) is -4.38. The molecule has 1 heterocycles. The smallest absolute Gasteiger partial charge is 0.334 e. The van der Waals surface area contributed by atoms with Crippen LogP contribution in [0.5, 0.6) is 0 Å². The van der Waals surface area contributed by atoms with Gasteiger partial charge in [-0.2, -0.15) is 13.2 Å². The first-order valence-electron chi connectivity index (χ1n) is 5.20. The van der Waals surface area contributed by atoms with E-state index >= 15 is 0 Å². The van der Waals surface area contributed by atoms with Gasteiger partial charge in [0.1, 0.15) is 0 Å². The molecule has 1 aromatic carbocycles. The number of nitrogens with one attached hydrogen (secondary N) is 1. The standard InChI is InChI=1S/C11H10ClF3N2S/c1-6-5-18-10(16-6)17-9-3-2-7(4-8(9)12)11(13,14)15/h2-4,6H,5H2,1H3,(H,16,17). The van der Waals surface area contributed by atoms with E-state index in [1.165, 1.54) is 17.8 Å². The van der Waals surface area contributed by atoms with Crippen molar-refractivity contribution in [2.24, 2.45) is 4.99 Å². The molecular formula is C11H10ClF3N2S. The Balaban J connectivity index is 2.18. The molecule has 7 heteroatoms. The van der Waals surface area contributed by atoms with E-state index in [9.17, 15) is 13.2 Å². The molecule has 18 heavy (non-hydrogen) atoms. The molecular weight excluding hydrogens is 285 g/mol. The lowest BCUT2D eigenvalue weighted by Crippen LogP contribution is -2.08. The average molecular weight is 295 g/mol. The number of rotatable bonds is 1. The summed E-state index contributed by atoms with van der Waals surface area (Å²) in [5, 5.41) is 3.65. The Hall–Kier alpha value is -0.880. The lowest BCUT2D eigenvalue weighted by atomic mass is 10.2. The van der Waals surface area contributed by atoms with Crippen molar-refractivity contribution in [3.63, 3.8) is 0 Å². The maximum atomic E-state index is 12.4. The first-order chi connectivity index (χ1) is 8.36. The van der Waals surface area contributed by atoms with Gasteiger partial charge in [-0.3, -0.25) is 4.99 Å². The number of hydrogen-bond donors (Lipinski definition) is 1. The number of benzene rings is 1. The van der Waals surface area contributed by atoms with Gasteiger partial charge in [0.2, 0.25) is 0 Å². The minimum atomic E-state index is -4.38. The zero-order valence-corrected chi connectivity index (χ0v) is 11.0. The van der Waals surface area contributed by atoms with Crippen molar-refractivity contribution in [1.29, 1.82) is 0 Å². The molecule has 0 saturated heterocycles. The maximum Gasteiger partial charge on any atom is 0.416 e. The summed E-state index contributed by atoms with van der Waals surface area (Å²) in [5.74, 6) is 0.862. The molecule has 1 aliphatic rings. The second kappa shape index (κ2) is 5.01. The van der Waals surface area contributed by atoms with Crippen LogP contribution in [0.25, 0.3) is 0 Å². The molecule has 0 spiro atoms. The molecule has 0 bridgehead atoms. The van der Waals surface area contributed by atoms with Gasteiger partial charge in [0.15, 0.2) is 5.17 Å². The first kappa shape index (κ1) is 13.5. The second-order valence-corrected chi connectivity index (χ2v) is 5.33. The van der Waals surface area contributed by atoms with Crippen LogP contribution >= 0.6 is 23.4 Å². The summed E-state index contributed by atoms with van der Waals surface area (Å²) in [7, 11) is 0. The molecule has 0 aliphatic carbocycles. The van der Waals surface area contributed by atoms with Gasteiger partial charge in [0.05, 0.1) is 22.3 Å². The summed E-state index contributed by atoms with van der Waals surface area (Å²) in [5.41, 5.74) is -0.322. The van der Waals surface area contributed by atoms with Crippen molar-refractivity contribution >= 4 is 34.2 Å². The largest absolute Gasteiger partial charge is 0.416 e. The van der Waals surface area contributed by atoms with Crippen molar-refractivity contribution in [2.75, 3.05) is 11.1 Å². The van der Waals surface area contributed by atoms with Crippen LogP contribution in [0.4, 0.5) is 18.9 Å². The van der Waals surface area contributed by atoms with Crippen LogP contribution in [0.3, 0.4) is 0 Å². The number of thioether (sulfide) groups is 1. The van der Waals surface area contributed by atoms with E-state index in [0.717, 1.165) is 17.9 Å². The van der Waals surface area contributed by atoms with Gasteiger partial charge in [-0.15, -0.1) is 0 Å². The van der Waals surface area contributed by atoms with Crippen molar-refractivity contribution in [2.45, 2.75) is 19.1 Å². The van der Waals surface area contributed by atoms with Crippen LogP contribution in [-0.2, 0) is 6.18 Å². The molecule has 2 rings (SSSR count). The van der Waals surface area contributed by atoms with Crippen molar-refractivity contribution in [1.82, 2.24) is 0 Å². The van der Waals surface area contributed by atoms with E-state index in [1.807, 2.05) is 6.92 Å². The van der Waals surface area contributed by atoms with E-state index in [2.05, 4.69) is 10.3 Å². The maximum absolute atomic E-state index is 12.4. The third-order valence-corrected chi connectivity index (χ3v) is 3.78. The van der Waals surface area contributed by atoms with Gasteiger partial charge in [0.25, 0.3) is 0 Å². The Morgan fingerprint density at radius 2 is 2.17 bits per heavy atom. The predicted molar refractivity (Wildman–Crippen MR) is 69.4 cm³/mol. The molecule has 0 saturated carbocycles. The van der Waals surface area contributed by atoms with E-state index < -0.39 is 11.7 Å². The van der Waals surface area contributed by atoms with Crippen LogP contribution in [-0.4, -0.2) is 17.0 Å². The van der Waals surface area contributed by atoms with Gasteiger partial charge in [-0.1, -0.05) is 23.4 Å². The summed E-state index contributed by atoms with van der Waals surface area (Å²) in [6, 6.07) is 3.44. The van der Waals surface area contributed by atoms with Crippen molar-refractivity contribution < 1.29 is 13.2 Å². The normalized spacial score (nSPS) is 19.8. The lowest BCUT2D eigenvalue weighted by molar-refractivity contribution is -0.137. The fourth-order valence-electron chi connectivity index (χ4n) is 1.45. The van der Waals surface area contributed by atoms with E-state index in [-0.39, 0.29) is 11.1 Å². The summed E-state index contributed by atoms with van der Waals surface area (Å²) >= 11 is 7.35. The average Bonchev–Trinajstić information content (AvgIpc) is 2.65. The van der Waals surface area contributed by atoms with E-state index in [1.54, 1.807) is 0 Å². The highest BCUT2D eigenvalue weighted by Gasteiger charge is 2.31. The molecule has 0 amide bonds. The molecule has 1 aliphatic heterocycles. The summed E-state index contributed by atoms with van der Waals surface area (Å²) in [6.45, 7) is 1.97. The number of hydrogen-bond acceptors (Lipinski definition) is 3. The molecule has 0 fully saturated rings. The van der Waals surface area contributed by atoms with Crippen LogP contribution < -0.4 is 5.32 Å². The fraction of sp³-hybridized carbons (Fsp3) is 0.364. The Morgan fingerprint density at radius 3 is 2.67 bits per heavy atom. The van der Waals surface area contributed by atoms with Crippen molar-refractivity contribution in [3.8, 4) is 0 Å². The zero-order valence-electron chi connectivity index (χ0n) is 9.38. The Labute approximate surface area is 112 Å². The van der Waals surface area contributed by atoms with Crippen LogP contribution in [0.15, 0.2) is 23.2 Å². The minimum absolute atomic E-state index is 0.0349. The highest BCUT2D eigenvalue weighted by molar-refractivity contribution is 8.14. The Bertz CT molecular complexity index is 488. The number of amidine groups is 1. The molecule has 2 nitrogen and oxygen atoms in total. The quantitative estimate of drug-likeness (QED) is 0.837. The van der Waals surface area contributed by atoms with Gasteiger partial charge < -0.3 is 5.32 Å². The summed E-state index contributed by atoms with van der Waals surface area (Å²) in [4.78, 5) is 4.28. The molecule has 1 aromatic rings. The third kappa shape index (κ3) is 3.11. The SMILES string of the molecule is CC1CSC(Nc2ccc(C(F)(F)F)cc2Cl)=N1. The molecule has 1 atom stereocenters. The molecule has 1 unspecified atom stereocenters. The topological polar surface area (TPSA) is 24.4 Å². The Kier molecular flexibility index (Phi) is 3.77. The second-order valence-electron chi connectivity index (χ2n) is 3.91. The fourth-order valence-corrected chi connectivity index (χ4v) is 2.59. The van der Waals surface area contributed by atoms with Crippen LogP contribution in [0.1, 0.15) is 12.5 Å². The third-order valence-electron chi connectivity index (χ3n) is 2.34.